The number of rotatable bonds is 3. The average molecular weight is 230 g/mol. The van der Waals surface area contributed by atoms with E-state index < -0.39 is 5.97 Å². The normalized spacial score (nSPS) is 9.80. The van der Waals surface area contributed by atoms with Gasteiger partial charge in [-0.05, 0) is 19.1 Å². The molecule has 0 radical (unpaired) electrons. The molecule has 0 bridgehead atoms. The van der Waals surface area contributed by atoms with Crippen LogP contribution >= 0.6 is 11.6 Å². The fourth-order valence-electron chi connectivity index (χ4n) is 1.16. The predicted octanol–water partition coefficient (Wildman–Crippen LogP) is 2.11. The first kappa shape index (κ1) is 11.7. The van der Waals surface area contributed by atoms with Crippen molar-refractivity contribution in [3.05, 3.63) is 22.7 Å². The minimum atomic E-state index is -0.450. The monoisotopic (exact) mass is 229 g/mol. The first-order valence-electron chi connectivity index (χ1n) is 4.40. The summed E-state index contributed by atoms with van der Waals surface area (Å²) in [5.41, 5.74) is 6.28. The number of anilines is 1. The summed E-state index contributed by atoms with van der Waals surface area (Å²) in [6.45, 7) is 2.04. The van der Waals surface area contributed by atoms with E-state index in [-0.39, 0.29) is 0 Å². The van der Waals surface area contributed by atoms with Crippen LogP contribution in [0.3, 0.4) is 0 Å². The Morgan fingerprint density at radius 3 is 2.67 bits per heavy atom. The van der Waals surface area contributed by atoms with Crippen molar-refractivity contribution in [3.8, 4) is 5.75 Å². The van der Waals surface area contributed by atoms with Gasteiger partial charge in [0.15, 0.2) is 5.75 Å². The largest absolute Gasteiger partial charge is 0.493 e. The maximum Gasteiger partial charge on any atom is 0.338 e. The van der Waals surface area contributed by atoms with Crippen LogP contribution in [0.5, 0.6) is 5.75 Å². The summed E-state index contributed by atoms with van der Waals surface area (Å²) in [5, 5.41) is 0.292. The molecule has 0 aromatic heterocycles. The van der Waals surface area contributed by atoms with E-state index in [1.165, 1.54) is 19.2 Å². The van der Waals surface area contributed by atoms with Crippen LogP contribution in [0.1, 0.15) is 17.3 Å². The number of carbonyl (C=O) groups excluding carboxylic acids is 1. The quantitative estimate of drug-likeness (QED) is 0.637. The van der Waals surface area contributed by atoms with Gasteiger partial charge in [0.05, 0.1) is 30.0 Å². The highest BCUT2D eigenvalue weighted by molar-refractivity contribution is 6.33. The third kappa shape index (κ3) is 2.53. The van der Waals surface area contributed by atoms with Crippen molar-refractivity contribution in [2.24, 2.45) is 0 Å². The lowest BCUT2D eigenvalue weighted by Gasteiger charge is -2.08. The Morgan fingerprint density at radius 2 is 2.20 bits per heavy atom. The molecule has 0 saturated heterocycles. The molecule has 0 heterocycles. The van der Waals surface area contributed by atoms with Crippen LogP contribution in [0.4, 0.5) is 5.69 Å². The number of nitrogen functional groups attached to an aromatic ring is 1. The molecule has 2 N–H and O–H groups in total. The van der Waals surface area contributed by atoms with E-state index in [0.29, 0.717) is 28.6 Å². The van der Waals surface area contributed by atoms with Crippen molar-refractivity contribution in [3.63, 3.8) is 0 Å². The van der Waals surface area contributed by atoms with E-state index in [1.54, 1.807) is 6.92 Å². The number of esters is 1. The molecule has 0 aliphatic rings. The van der Waals surface area contributed by atoms with E-state index in [0.717, 1.165) is 0 Å². The van der Waals surface area contributed by atoms with E-state index in [1.807, 2.05) is 0 Å². The van der Waals surface area contributed by atoms with Crippen LogP contribution in [-0.2, 0) is 4.74 Å². The molecule has 0 fully saturated rings. The van der Waals surface area contributed by atoms with Crippen molar-refractivity contribution >= 4 is 23.3 Å². The number of benzene rings is 1. The molecule has 1 aromatic carbocycles. The van der Waals surface area contributed by atoms with Gasteiger partial charge in [-0.15, -0.1) is 0 Å². The molecule has 82 valence electrons. The Balaban J connectivity index is 3.08. The molecule has 0 atom stereocenters. The summed E-state index contributed by atoms with van der Waals surface area (Å²) in [7, 11) is 1.46. The van der Waals surface area contributed by atoms with Crippen molar-refractivity contribution in [1.29, 1.82) is 0 Å². The van der Waals surface area contributed by atoms with Crippen molar-refractivity contribution in [1.82, 2.24) is 0 Å². The maximum atomic E-state index is 11.4. The third-order valence-corrected chi connectivity index (χ3v) is 2.07. The summed E-state index contributed by atoms with van der Waals surface area (Å²) in [4.78, 5) is 11.4. The van der Waals surface area contributed by atoms with Crippen molar-refractivity contribution < 1.29 is 14.3 Å². The maximum absolute atomic E-state index is 11.4. The molecule has 0 aliphatic carbocycles. The van der Waals surface area contributed by atoms with Gasteiger partial charge < -0.3 is 15.2 Å². The Hall–Kier alpha value is -1.42. The molecule has 1 aromatic rings. The SMILES string of the molecule is CCOC(=O)c1cc(N)c(OC)c(Cl)c1. The fraction of sp³-hybridized carbons (Fsp3) is 0.300. The van der Waals surface area contributed by atoms with Gasteiger partial charge in [0.1, 0.15) is 0 Å². The lowest BCUT2D eigenvalue weighted by Crippen LogP contribution is -2.06. The molecule has 5 heteroatoms. The van der Waals surface area contributed by atoms with Crippen LogP contribution < -0.4 is 10.5 Å². The Labute approximate surface area is 92.9 Å². The summed E-state index contributed by atoms with van der Waals surface area (Å²) < 4.78 is 9.78. The van der Waals surface area contributed by atoms with Gasteiger partial charge in [-0.2, -0.15) is 0 Å². The van der Waals surface area contributed by atoms with E-state index in [2.05, 4.69) is 0 Å². The molecule has 4 nitrogen and oxygen atoms in total. The topological polar surface area (TPSA) is 61.5 Å². The number of hydrogen-bond acceptors (Lipinski definition) is 4. The van der Waals surface area contributed by atoms with Crippen molar-refractivity contribution in [2.45, 2.75) is 6.92 Å². The summed E-state index contributed by atoms with van der Waals surface area (Å²) >= 11 is 5.87. The number of methoxy groups -OCH3 is 1. The molecule has 15 heavy (non-hydrogen) atoms. The fourth-order valence-corrected chi connectivity index (χ4v) is 1.47. The van der Waals surface area contributed by atoms with Gasteiger partial charge in [0, 0.05) is 0 Å². The summed E-state index contributed by atoms with van der Waals surface area (Å²) in [5.74, 6) is -0.0848. The number of nitrogens with two attached hydrogens (primary N) is 1. The molecule has 0 spiro atoms. The van der Waals surface area contributed by atoms with Gasteiger partial charge in [0.2, 0.25) is 0 Å². The van der Waals surface area contributed by atoms with Gasteiger partial charge in [0.25, 0.3) is 0 Å². The standard InChI is InChI=1S/C10H12ClNO3/c1-3-15-10(13)6-4-7(11)9(14-2)8(12)5-6/h4-5H,3,12H2,1-2H3. The molecule has 0 amide bonds. The van der Waals surface area contributed by atoms with Crippen LogP contribution in [-0.4, -0.2) is 19.7 Å². The smallest absolute Gasteiger partial charge is 0.338 e. The Kier molecular flexibility index (Phi) is 3.80. The minimum Gasteiger partial charge on any atom is -0.493 e. The molecular formula is C10H12ClNO3. The Bertz CT molecular complexity index is 356. The highest BCUT2D eigenvalue weighted by Gasteiger charge is 2.13. The molecule has 0 unspecified atom stereocenters. The average Bonchev–Trinajstić information content (AvgIpc) is 2.17. The summed E-state index contributed by atoms with van der Waals surface area (Å²) in [6.07, 6.45) is 0. The number of halogens is 1. The molecule has 1 rings (SSSR count). The second kappa shape index (κ2) is 4.89. The van der Waals surface area contributed by atoms with Gasteiger partial charge in [-0.1, -0.05) is 11.6 Å². The first-order valence-corrected chi connectivity index (χ1v) is 4.78. The molecule has 0 saturated carbocycles. The minimum absolute atomic E-state index is 0.292. The highest BCUT2D eigenvalue weighted by atomic mass is 35.5. The number of carbonyl (C=O) groups is 1. The second-order valence-electron chi connectivity index (χ2n) is 2.80. The van der Waals surface area contributed by atoms with E-state index >= 15 is 0 Å². The second-order valence-corrected chi connectivity index (χ2v) is 3.21. The third-order valence-electron chi connectivity index (χ3n) is 1.79. The van der Waals surface area contributed by atoms with Gasteiger partial charge in [-0.25, -0.2) is 4.79 Å². The zero-order valence-corrected chi connectivity index (χ0v) is 9.30. The van der Waals surface area contributed by atoms with Gasteiger partial charge >= 0.3 is 5.97 Å². The molecule has 0 aliphatic heterocycles. The highest BCUT2D eigenvalue weighted by Crippen LogP contribution is 2.32. The van der Waals surface area contributed by atoms with Crippen LogP contribution in [0.25, 0.3) is 0 Å². The van der Waals surface area contributed by atoms with Gasteiger partial charge in [-0.3, -0.25) is 0 Å². The van der Waals surface area contributed by atoms with E-state index in [4.69, 9.17) is 26.8 Å². The van der Waals surface area contributed by atoms with E-state index in [9.17, 15) is 4.79 Å². The first-order chi connectivity index (χ1) is 7.10. The zero-order chi connectivity index (χ0) is 11.4. The Morgan fingerprint density at radius 1 is 1.53 bits per heavy atom. The zero-order valence-electron chi connectivity index (χ0n) is 8.54. The van der Waals surface area contributed by atoms with Crippen LogP contribution in [0.15, 0.2) is 12.1 Å². The number of hydrogen-bond donors (Lipinski definition) is 1. The van der Waals surface area contributed by atoms with Crippen LogP contribution in [0.2, 0.25) is 5.02 Å². The number of ether oxygens (including phenoxy) is 2. The van der Waals surface area contributed by atoms with Crippen molar-refractivity contribution in [2.75, 3.05) is 19.5 Å². The summed E-state index contributed by atoms with van der Waals surface area (Å²) in [6, 6.07) is 2.94. The lowest BCUT2D eigenvalue weighted by molar-refractivity contribution is 0.0526. The molecular weight excluding hydrogens is 218 g/mol. The lowest BCUT2D eigenvalue weighted by atomic mass is 10.2. The predicted molar refractivity (Wildman–Crippen MR) is 58.4 cm³/mol. The van der Waals surface area contributed by atoms with Crippen LogP contribution in [0, 0.1) is 0 Å².